The van der Waals surface area contributed by atoms with Gasteiger partial charge in [-0.05, 0) is 25.0 Å². The van der Waals surface area contributed by atoms with Gasteiger partial charge in [-0.2, -0.15) is 18.4 Å². The van der Waals surface area contributed by atoms with Crippen LogP contribution in [0.1, 0.15) is 24.8 Å². The third-order valence-electron chi connectivity index (χ3n) is 2.43. The highest BCUT2D eigenvalue weighted by atomic mass is 19.4. The van der Waals surface area contributed by atoms with Crippen molar-refractivity contribution in [3.63, 3.8) is 0 Å². The molecule has 0 amide bonds. The van der Waals surface area contributed by atoms with Crippen molar-refractivity contribution in [2.24, 2.45) is 0 Å². The normalized spacial score (nSPS) is 11.0. The van der Waals surface area contributed by atoms with Gasteiger partial charge in [-0.25, -0.2) is 0 Å². The maximum atomic E-state index is 11.9. The Morgan fingerprint density at radius 1 is 1.28 bits per heavy atom. The molecule has 3 nitrogen and oxygen atoms in total. The summed E-state index contributed by atoms with van der Waals surface area (Å²) in [6.45, 7) is 0.398. The molecule has 18 heavy (non-hydrogen) atoms. The number of rotatable bonds is 5. The maximum Gasteiger partial charge on any atom is 0.389 e. The van der Waals surface area contributed by atoms with Gasteiger partial charge in [0.25, 0.3) is 0 Å². The topological polar surface area (TPSA) is 61.8 Å². The largest absolute Gasteiger partial charge is 0.396 e. The fraction of sp³-hybridized carbons (Fsp3) is 0.417. The zero-order chi connectivity index (χ0) is 13.6. The van der Waals surface area contributed by atoms with Crippen molar-refractivity contribution in [3.05, 3.63) is 23.8 Å². The van der Waals surface area contributed by atoms with Crippen molar-refractivity contribution in [2.45, 2.75) is 25.4 Å². The fourth-order valence-corrected chi connectivity index (χ4v) is 1.49. The number of unbranched alkanes of at least 4 members (excludes halogenated alkanes) is 1. The molecule has 0 saturated heterocycles. The summed E-state index contributed by atoms with van der Waals surface area (Å²) in [4.78, 5) is 0. The van der Waals surface area contributed by atoms with Crippen molar-refractivity contribution >= 4 is 11.4 Å². The lowest BCUT2D eigenvalue weighted by Gasteiger charge is -2.10. The van der Waals surface area contributed by atoms with Gasteiger partial charge in [0.15, 0.2) is 0 Å². The molecule has 0 heterocycles. The van der Waals surface area contributed by atoms with Gasteiger partial charge in [-0.15, -0.1) is 0 Å². The highest BCUT2D eigenvalue weighted by Crippen LogP contribution is 2.24. The molecule has 0 aliphatic rings. The van der Waals surface area contributed by atoms with E-state index in [1.807, 2.05) is 6.07 Å². The molecule has 0 aliphatic heterocycles. The molecule has 1 rings (SSSR count). The van der Waals surface area contributed by atoms with Gasteiger partial charge >= 0.3 is 6.18 Å². The van der Waals surface area contributed by atoms with Crippen LogP contribution >= 0.6 is 0 Å². The van der Waals surface area contributed by atoms with Crippen LogP contribution in [0.3, 0.4) is 0 Å². The van der Waals surface area contributed by atoms with Crippen LogP contribution in [0.4, 0.5) is 24.5 Å². The lowest BCUT2D eigenvalue weighted by atomic mass is 10.1. The van der Waals surface area contributed by atoms with E-state index in [0.717, 1.165) is 0 Å². The lowest BCUT2D eigenvalue weighted by Crippen LogP contribution is -2.09. The number of nitriles is 1. The number of nitrogens with zero attached hydrogens (tertiary/aromatic N) is 1. The zero-order valence-corrected chi connectivity index (χ0v) is 9.72. The zero-order valence-electron chi connectivity index (χ0n) is 9.72. The van der Waals surface area contributed by atoms with Gasteiger partial charge in [0.1, 0.15) is 6.07 Å². The smallest absolute Gasteiger partial charge is 0.389 e. The van der Waals surface area contributed by atoms with E-state index >= 15 is 0 Å². The molecule has 1 aromatic carbocycles. The Balaban J connectivity index is 2.39. The fourth-order valence-electron chi connectivity index (χ4n) is 1.49. The molecule has 0 unspecified atom stereocenters. The van der Waals surface area contributed by atoms with Crippen LogP contribution in [0, 0.1) is 11.3 Å². The van der Waals surface area contributed by atoms with E-state index in [0.29, 0.717) is 29.9 Å². The number of hydrogen-bond donors (Lipinski definition) is 2. The molecular weight excluding hydrogens is 243 g/mol. The highest BCUT2D eigenvalue weighted by molar-refractivity contribution is 5.72. The quantitative estimate of drug-likeness (QED) is 0.628. The minimum absolute atomic E-state index is 0.0777. The molecule has 0 bridgehead atoms. The second-order valence-electron chi connectivity index (χ2n) is 3.88. The van der Waals surface area contributed by atoms with E-state index in [4.69, 9.17) is 11.0 Å². The first-order chi connectivity index (χ1) is 8.44. The van der Waals surface area contributed by atoms with Crippen LogP contribution in [0.15, 0.2) is 18.2 Å². The first-order valence-corrected chi connectivity index (χ1v) is 5.53. The first-order valence-electron chi connectivity index (χ1n) is 5.53. The summed E-state index contributed by atoms with van der Waals surface area (Å²) < 4.78 is 35.7. The Morgan fingerprint density at radius 2 is 2.00 bits per heavy atom. The van der Waals surface area contributed by atoms with Crippen molar-refractivity contribution in [1.82, 2.24) is 0 Å². The van der Waals surface area contributed by atoms with Gasteiger partial charge in [0.2, 0.25) is 0 Å². The van der Waals surface area contributed by atoms with Crippen molar-refractivity contribution < 1.29 is 13.2 Å². The predicted octanol–water partition coefficient (Wildman–Crippen LogP) is 3.28. The van der Waals surface area contributed by atoms with Gasteiger partial charge in [-0.3, -0.25) is 0 Å². The minimum atomic E-state index is -4.10. The monoisotopic (exact) mass is 257 g/mol. The summed E-state index contributed by atoms with van der Waals surface area (Å²) in [5, 5.41) is 11.7. The van der Waals surface area contributed by atoms with Gasteiger partial charge in [0, 0.05) is 13.0 Å². The Morgan fingerprint density at radius 3 is 2.61 bits per heavy atom. The van der Waals surface area contributed by atoms with E-state index < -0.39 is 12.6 Å². The molecule has 1 aromatic rings. The second kappa shape index (κ2) is 6.15. The van der Waals surface area contributed by atoms with E-state index in [-0.39, 0.29) is 6.42 Å². The summed E-state index contributed by atoms with van der Waals surface area (Å²) in [7, 11) is 0. The molecule has 0 fully saturated rings. The van der Waals surface area contributed by atoms with Gasteiger partial charge < -0.3 is 11.1 Å². The van der Waals surface area contributed by atoms with Crippen LogP contribution in [0.5, 0.6) is 0 Å². The molecule has 98 valence electrons. The number of nitrogens with one attached hydrogen (secondary N) is 1. The van der Waals surface area contributed by atoms with E-state index in [2.05, 4.69) is 5.32 Å². The summed E-state index contributed by atoms with van der Waals surface area (Å²) in [5.41, 5.74) is 6.98. The number of alkyl halides is 3. The minimum Gasteiger partial charge on any atom is -0.396 e. The summed E-state index contributed by atoms with van der Waals surface area (Å²) in [6.07, 6.45) is -4.40. The Labute approximate surface area is 103 Å². The Hall–Kier alpha value is -1.90. The number of benzene rings is 1. The highest BCUT2D eigenvalue weighted by Gasteiger charge is 2.25. The van der Waals surface area contributed by atoms with Crippen molar-refractivity contribution in [3.8, 4) is 6.07 Å². The summed E-state index contributed by atoms with van der Waals surface area (Å²) in [5.74, 6) is 0. The van der Waals surface area contributed by atoms with Gasteiger partial charge in [0.05, 0.1) is 16.9 Å². The molecule has 0 spiro atoms. The van der Waals surface area contributed by atoms with Crippen LogP contribution in [0.25, 0.3) is 0 Å². The predicted molar refractivity (Wildman–Crippen MR) is 64.0 cm³/mol. The van der Waals surface area contributed by atoms with E-state index in [9.17, 15) is 13.2 Å². The molecule has 0 saturated carbocycles. The average Bonchev–Trinajstić information content (AvgIpc) is 2.29. The number of halogens is 3. The SMILES string of the molecule is N#Cc1cccc(NCCCCC(F)(F)F)c1N. The lowest BCUT2D eigenvalue weighted by molar-refractivity contribution is -0.135. The number of hydrogen-bond acceptors (Lipinski definition) is 3. The Bertz CT molecular complexity index is 435. The standard InChI is InChI=1S/C12H14F3N3/c13-12(14,15)6-1-2-7-18-10-5-3-4-9(8-16)11(10)17/h3-5,18H,1-2,6-7,17H2. The van der Waals surface area contributed by atoms with Crippen LogP contribution < -0.4 is 11.1 Å². The van der Waals surface area contributed by atoms with Crippen LogP contribution in [-0.2, 0) is 0 Å². The number of anilines is 2. The third kappa shape index (κ3) is 4.53. The average molecular weight is 257 g/mol. The van der Waals surface area contributed by atoms with Gasteiger partial charge in [-0.1, -0.05) is 6.07 Å². The molecule has 6 heteroatoms. The van der Waals surface area contributed by atoms with E-state index in [1.54, 1.807) is 18.2 Å². The summed E-state index contributed by atoms with van der Waals surface area (Å²) >= 11 is 0. The van der Waals surface area contributed by atoms with Crippen LogP contribution in [-0.4, -0.2) is 12.7 Å². The third-order valence-corrected chi connectivity index (χ3v) is 2.43. The van der Waals surface area contributed by atoms with Crippen molar-refractivity contribution in [2.75, 3.05) is 17.6 Å². The number of nitrogens with two attached hydrogens (primary N) is 1. The summed E-state index contributed by atoms with van der Waals surface area (Å²) in [6, 6.07) is 6.90. The molecule has 3 N–H and O–H groups in total. The number of nitrogen functional groups attached to an aromatic ring is 1. The molecule has 0 aliphatic carbocycles. The Kier molecular flexibility index (Phi) is 4.84. The molecule has 0 radical (unpaired) electrons. The van der Waals surface area contributed by atoms with E-state index in [1.165, 1.54) is 0 Å². The molecular formula is C12H14F3N3. The maximum absolute atomic E-state index is 11.9. The van der Waals surface area contributed by atoms with Crippen LogP contribution in [0.2, 0.25) is 0 Å². The molecule has 0 atom stereocenters. The first kappa shape index (κ1) is 14.2. The number of para-hydroxylation sites is 1. The molecule has 0 aromatic heterocycles. The second-order valence-corrected chi connectivity index (χ2v) is 3.88. The van der Waals surface area contributed by atoms with Crippen molar-refractivity contribution in [1.29, 1.82) is 5.26 Å².